The summed E-state index contributed by atoms with van der Waals surface area (Å²) < 4.78 is 243. The van der Waals surface area contributed by atoms with E-state index < -0.39 is 180 Å². The summed E-state index contributed by atoms with van der Waals surface area (Å²) in [6, 6.07) is 40.5. The van der Waals surface area contributed by atoms with E-state index in [1.54, 1.807) is 29.2 Å². The molecule has 18 aromatic rings. The van der Waals surface area contributed by atoms with Crippen molar-refractivity contribution in [3.63, 3.8) is 0 Å². The maximum absolute atomic E-state index is 12.4. The molecular weight excluding hydrogens is 1330 g/mol. The zero-order valence-electron chi connectivity index (χ0n) is 86.5. The highest BCUT2D eigenvalue weighted by Gasteiger charge is 2.46. The lowest BCUT2D eigenvalue weighted by Crippen LogP contribution is -2.61. The third-order valence-electron chi connectivity index (χ3n) is 21.8. The van der Waals surface area contributed by atoms with Crippen LogP contribution in [-0.4, -0.2) is 20.4 Å². The van der Waals surface area contributed by atoms with Crippen LogP contribution in [-0.2, 0) is 16.2 Å². The minimum atomic E-state index is -1.05. The van der Waals surface area contributed by atoms with Gasteiger partial charge in [-0.3, -0.25) is 0 Å². The number of para-hydroxylation sites is 3. The van der Waals surface area contributed by atoms with Crippen LogP contribution >= 0.6 is 0 Å². The van der Waals surface area contributed by atoms with Gasteiger partial charge < -0.3 is 23.5 Å². The lowest BCUT2D eigenvalue weighted by Gasteiger charge is -2.45. The van der Waals surface area contributed by atoms with Crippen molar-refractivity contribution in [3.8, 4) is 67.6 Å². The Morgan fingerprint density at radius 3 is 1.27 bits per heavy atom. The topological polar surface area (TPSA) is 45.1 Å². The van der Waals surface area contributed by atoms with Gasteiger partial charge in [-0.05, 0) is 192 Å². The summed E-state index contributed by atoms with van der Waals surface area (Å²) in [7, 11) is 0. The number of rotatable bonds is 9. The molecule has 20 rings (SSSR count). The molecule has 0 bridgehead atoms. The highest BCUT2D eigenvalue weighted by Crippen LogP contribution is 2.54. The Morgan fingerprint density at radius 2 is 0.745 bits per heavy atom. The summed E-state index contributed by atoms with van der Waals surface area (Å²) in [5, 5.41) is 13.1. The predicted octanol–water partition coefficient (Wildman–Crippen LogP) is 25.5. The quantitative estimate of drug-likeness (QED) is 0.135. The summed E-state index contributed by atoms with van der Waals surface area (Å²) in [6.45, 7) is 18.4. The predicted molar refractivity (Wildman–Crippen MR) is 466 cm³/mol. The van der Waals surface area contributed by atoms with E-state index in [0.29, 0.717) is 50.3 Å². The number of nitriles is 1. The van der Waals surface area contributed by atoms with Gasteiger partial charge in [0.2, 0.25) is 0 Å². The van der Waals surface area contributed by atoms with Gasteiger partial charge in [0, 0.05) is 77.6 Å². The molecule has 0 spiro atoms. The van der Waals surface area contributed by atoms with Gasteiger partial charge in [0.05, 0.1) is 90.0 Å². The van der Waals surface area contributed by atoms with Crippen LogP contribution in [0.2, 0.25) is 0 Å². The molecule has 3 aromatic heterocycles. The molecule has 7 heteroatoms. The number of hydrogen-bond donors (Lipinski definition) is 0. The fourth-order valence-corrected chi connectivity index (χ4v) is 16.4. The van der Waals surface area contributed by atoms with E-state index in [2.05, 4.69) is 145 Å². The highest BCUT2D eigenvalue weighted by molar-refractivity contribution is 7.00. The maximum atomic E-state index is 12.4. The van der Waals surface area contributed by atoms with Gasteiger partial charge in [-0.15, -0.1) is 0 Å². The van der Waals surface area contributed by atoms with Crippen molar-refractivity contribution in [1.29, 1.82) is 5.26 Å². The molecule has 6 nitrogen and oxygen atoms in total. The van der Waals surface area contributed by atoms with Crippen molar-refractivity contribution >= 4 is 123 Å². The monoisotopic (exact) mass is 1440 g/mol. The molecule has 0 fully saturated rings. The first-order valence-electron chi connectivity index (χ1n) is 49.0. The molecule has 2 aliphatic heterocycles. The number of anilines is 6. The average Bonchev–Trinajstić information content (AvgIpc) is 1.55. The maximum Gasteiger partial charge on any atom is 0.252 e. The Balaban J connectivity index is 1.02. The Kier molecular flexibility index (Phi) is 10.2. The summed E-state index contributed by atoms with van der Waals surface area (Å²) in [5.74, 6) is 0. The molecule has 0 atom stereocenters. The van der Waals surface area contributed by atoms with Gasteiger partial charge in [-0.2, -0.15) is 5.26 Å². The molecule has 0 N–H and O–H groups in total. The number of fused-ring (bicyclic) bond motifs is 13. The molecule has 0 saturated carbocycles. The zero-order chi connectivity index (χ0) is 96.4. The van der Waals surface area contributed by atoms with Crippen LogP contribution in [0.4, 0.5) is 34.1 Å². The molecule has 0 amide bonds. The van der Waals surface area contributed by atoms with Gasteiger partial charge in [0.1, 0.15) is 6.07 Å². The van der Waals surface area contributed by atoms with E-state index in [-0.39, 0.29) is 94.1 Å². The van der Waals surface area contributed by atoms with E-state index in [1.165, 1.54) is 27.3 Å². The SMILES string of the molecule is [2H]c1c([2H])c([2H])c(-c2ccc3c(c2)N(c2cc(-n4c5c([2H])c([2H])c([2H])c([2H])c5c5c([2H])c([2H])c(-c6c([2H])c([2H])c([2H])c([2H])c6[2H])c([2H])c54)ccc2C#N)c2cc(-n4c5c([2H])c([2H])c([2H])c([2H])c5c5c([2H])c([2H])c([2H])c([2H])c54)cc4c2B3c2ccc(-n3c5ccc(C(C)(C)C)cc5c5cc(C(C)(C)C)ccc53)cc2N4c2c(-c3ccccc3)cc(C(C)(C)C)cc2-c2ccccc2)c([2H])c1[2H]. The fraction of sp³-hybridized carbons (Fsp3) is 0.117. The Labute approximate surface area is 678 Å². The lowest BCUT2D eigenvalue weighted by atomic mass is 9.33. The van der Waals surface area contributed by atoms with Crippen LogP contribution in [0.15, 0.2) is 327 Å². The molecular formula is C103H81BN6. The molecule has 0 aliphatic carbocycles. The molecule has 526 valence electrons. The van der Waals surface area contributed by atoms with Crippen LogP contribution in [0.1, 0.15) is 119 Å². The second-order valence-electron chi connectivity index (χ2n) is 31.3. The molecule has 15 aromatic carbocycles. The molecule has 0 saturated heterocycles. The normalized spacial score (nSPS) is 16.1. The van der Waals surface area contributed by atoms with Gasteiger partial charge >= 0.3 is 0 Å². The van der Waals surface area contributed by atoms with Crippen LogP contribution in [0, 0.1) is 11.3 Å². The molecule has 0 unspecified atom stereocenters. The van der Waals surface area contributed by atoms with E-state index in [9.17, 15) is 34.0 Å². The summed E-state index contributed by atoms with van der Waals surface area (Å²) in [4.78, 5) is 3.84. The number of nitrogens with zero attached hydrogens (tertiary/aromatic N) is 6. The van der Waals surface area contributed by atoms with E-state index >= 15 is 0 Å². The first-order chi connectivity index (χ1) is 63.8. The van der Waals surface area contributed by atoms with Gasteiger partial charge in [-0.25, -0.2) is 0 Å². The third-order valence-corrected chi connectivity index (χ3v) is 21.8. The van der Waals surface area contributed by atoms with Crippen molar-refractivity contribution in [1.82, 2.24) is 13.7 Å². The average molecular weight is 1440 g/mol. The minimum absolute atomic E-state index is 0.0146. The van der Waals surface area contributed by atoms with Crippen LogP contribution < -0.4 is 26.2 Å². The molecule has 5 heterocycles. The van der Waals surface area contributed by atoms with Crippen LogP contribution in [0.5, 0.6) is 0 Å². The second-order valence-corrected chi connectivity index (χ2v) is 31.3. The first-order valence-corrected chi connectivity index (χ1v) is 36.5. The highest BCUT2D eigenvalue weighted by atomic mass is 15.2. The number of aromatic nitrogens is 3. The smallest absolute Gasteiger partial charge is 0.252 e. The summed E-state index contributed by atoms with van der Waals surface area (Å²) >= 11 is 0. The summed E-state index contributed by atoms with van der Waals surface area (Å²) in [6.07, 6.45) is 0. The number of hydrogen-bond acceptors (Lipinski definition) is 3. The van der Waals surface area contributed by atoms with Crippen LogP contribution in [0.3, 0.4) is 0 Å². The van der Waals surface area contributed by atoms with Crippen molar-refractivity contribution in [2.24, 2.45) is 0 Å². The van der Waals surface area contributed by atoms with E-state index in [0.717, 1.165) is 49.6 Å². The summed E-state index contributed by atoms with van der Waals surface area (Å²) in [5.41, 5.74) is 7.31. The Bertz CT molecular complexity index is 8200. The second kappa shape index (κ2) is 25.0. The molecule has 2 aliphatic rings. The zero-order valence-corrected chi connectivity index (χ0v) is 61.5. The standard InChI is InChI=1S/C103H81BN6/c1-101(2,3)72-45-52-91-84(56-72)85-57-73(102(4,5)6)46-53-92(85)106(91)76-48-51-87-96(61-76)110(100-82(67-32-18-12-19-33-67)58-74(103(7,8)9)59-83(100)68-34-20-13-21-35-68)98-63-77(108-89-40-26-22-36-78(89)79-37-23-27-41-90(79)108)62-97-99(98)104(87)86-50-44-70(66-30-16-11-17-31-66)55-95(86)109(97)93-60-75(47-42-71(93)64-105)107-88-39-25-24-38-80(88)81-49-43-69(54-94(81)107)65-28-14-10-15-29-65/h10-63H,1-9H3/i10D,11D,14D,15D,16D,17D,22D,23D,24D,25D,26D,27D,28D,29D,30D,31D,36D,37D,38D,39D,40D,41D,43D,49D,54D. The van der Waals surface area contributed by atoms with E-state index in [4.69, 9.17) is 5.48 Å². The largest absolute Gasteiger partial charge is 0.310 e. The fourth-order valence-electron chi connectivity index (χ4n) is 16.4. The van der Waals surface area contributed by atoms with Crippen molar-refractivity contribution in [2.45, 2.75) is 78.6 Å². The number of benzene rings is 15. The lowest BCUT2D eigenvalue weighted by molar-refractivity contribution is 0.590. The Morgan fingerprint density at radius 1 is 0.309 bits per heavy atom. The molecule has 110 heavy (non-hydrogen) atoms. The van der Waals surface area contributed by atoms with Crippen LogP contribution in [0.25, 0.3) is 127 Å². The van der Waals surface area contributed by atoms with Crippen molar-refractivity contribution in [2.75, 3.05) is 9.80 Å². The third kappa shape index (κ3) is 10.5. The Hall–Kier alpha value is -13.1. The van der Waals surface area contributed by atoms with E-state index in [1.807, 2.05) is 66.7 Å². The van der Waals surface area contributed by atoms with Gasteiger partial charge in [0.25, 0.3) is 6.71 Å². The first kappa shape index (κ1) is 44.9. The van der Waals surface area contributed by atoms with Crippen molar-refractivity contribution in [3.05, 3.63) is 349 Å². The van der Waals surface area contributed by atoms with Crippen molar-refractivity contribution < 1.29 is 34.3 Å². The van der Waals surface area contributed by atoms with Gasteiger partial charge in [0.15, 0.2) is 0 Å². The minimum Gasteiger partial charge on any atom is -0.310 e. The van der Waals surface area contributed by atoms with Gasteiger partial charge in [-0.1, -0.05) is 280 Å². The molecule has 0 radical (unpaired) electrons.